The quantitative estimate of drug-likeness (QED) is 0.189. The summed E-state index contributed by atoms with van der Waals surface area (Å²) in [4.78, 5) is 36.2. The van der Waals surface area contributed by atoms with Crippen molar-refractivity contribution in [2.75, 3.05) is 19.5 Å². The number of anilines is 1. The highest BCUT2D eigenvalue weighted by molar-refractivity contribution is 6.39. The Balaban J connectivity index is 1.58. The lowest BCUT2D eigenvalue weighted by molar-refractivity contribution is -0.136. The van der Waals surface area contributed by atoms with E-state index in [4.69, 9.17) is 14.2 Å². The van der Waals surface area contributed by atoms with E-state index in [-0.39, 0.29) is 5.75 Å². The van der Waals surface area contributed by atoms with E-state index in [1.165, 1.54) is 20.4 Å². The van der Waals surface area contributed by atoms with Gasteiger partial charge in [0.25, 0.3) is 0 Å². The average Bonchev–Trinajstić information content (AvgIpc) is 2.85. The molecule has 168 valence electrons. The first-order chi connectivity index (χ1) is 16.0. The van der Waals surface area contributed by atoms with Gasteiger partial charge in [0.15, 0.2) is 11.5 Å². The molecule has 0 bridgehead atoms. The Labute approximate surface area is 190 Å². The molecular formula is C24H21N3O6. The number of nitrogens with zero attached hydrogens (tertiary/aromatic N) is 1. The number of hydrogen-bond donors (Lipinski definition) is 2. The summed E-state index contributed by atoms with van der Waals surface area (Å²) < 4.78 is 15.7. The number of amides is 2. The third kappa shape index (κ3) is 6.41. The molecule has 0 aromatic heterocycles. The molecule has 0 aliphatic heterocycles. The first kappa shape index (κ1) is 23.0. The summed E-state index contributed by atoms with van der Waals surface area (Å²) in [6, 6.07) is 19.8. The number of carbonyl (C=O) groups is 3. The molecule has 9 nitrogen and oxygen atoms in total. The summed E-state index contributed by atoms with van der Waals surface area (Å²) >= 11 is 0. The minimum absolute atomic E-state index is 0.228. The predicted octanol–water partition coefficient (Wildman–Crippen LogP) is 3.01. The highest BCUT2D eigenvalue weighted by Crippen LogP contribution is 2.28. The normalized spacial score (nSPS) is 10.4. The number of benzene rings is 3. The van der Waals surface area contributed by atoms with Crippen LogP contribution in [0, 0.1) is 0 Å². The maximum atomic E-state index is 12.2. The van der Waals surface area contributed by atoms with E-state index >= 15 is 0 Å². The van der Waals surface area contributed by atoms with Crippen LogP contribution in [-0.2, 0) is 9.59 Å². The molecule has 0 unspecified atom stereocenters. The van der Waals surface area contributed by atoms with E-state index < -0.39 is 17.8 Å². The van der Waals surface area contributed by atoms with Crippen LogP contribution in [-0.4, -0.2) is 38.2 Å². The third-order valence-corrected chi connectivity index (χ3v) is 4.33. The molecule has 2 N–H and O–H groups in total. The van der Waals surface area contributed by atoms with Gasteiger partial charge in [-0.05, 0) is 60.2 Å². The second-order valence-corrected chi connectivity index (χ2v) is 6.55. The number of esters is 1. The maximum Gasteiger partial charge on any atom is 0.343 e. The molecule has 0 saturated heterocycles. The Morgan fingerprint density at radius 1 is 0.818 bits per heavy atom. The van der Waals surface area contributed by atoms with Gasteiger partial charge in [-0.2, -0.15) is 5.10 Å². The van der Waals surface area contributed by atoms with E-state index in [0.29, 0.717) is 28.3 Å². The van der Waals surface area contributed by atoms with Crippen LogP contribution in [0.3, 0.4) is 0 Å². The zero-order valence-electron chi connectivity index (χ0n) is 17.9. The van der Waals surface area contributed by atoms with E-state index in [9.17, 15) is 14.4 Å². The molecule has 0 atom stereocenters. The van der Waals surface area contributed by atoms with Crippen molar-refractivity contribution in [2.45, 2.75) is 0 Å². The summed E-state index contributed by atoms with van der Waals surface area (Å²) in [5, 5.41) is 6.23. The molecule has 3 aromatic carbocycles. The van der Waals surface area contributed by atoms with Crippen LogP contribution in [0.4, 0.5) is 5.69 Å². The Kier molecular flexibility index (Phi) is 7.74. The van der Waals surface area contributed by atoms with Crippen LogP contribution in [0.25, 0.3) is 0 Å². The van der Waals surface area contributed by atoms with Crippen molar-refractivity contribution in [3.8, 4) is 17.2 Å². The Bertz CT molecular complexity index is 1160. The molecule has 3 rings (SSSR count). The van der Waals surface area contributed by atoms with Gasteiger partial charge in [-0.25, -0.2) is 10.2 Å². The molecule has 0 heterocycles. The smallest absolute Gasteiger partial charge is 0.343 e. The molecule has 0 fully saturated rings. The van der Waals surface area contributed by atoms with Gasteiger partial charge in [0.2, 0.25) is 0 Å². The topological polar surface area (TPSA) is 115 Å². The lowest BCUT2D eigenvalue weighted by Gasteiger charge is -2.10. The van der Waals surface area contributed by atoms with Crippen molar-refractivity contribution in [3.63, 3.8) is 0 Å². The minimum atomic E-state index is -0.942. The Hall–Kier alpha value is -4.66. The third-order valence-electron chi connectivity index (χ3n) is 4.33. The molecule has 0 aliphatic carbocycles. The molecule has 0 aliphatic rings. The molecular weight excluding hydrogens is 426 g/mol. The van der Waals surface area contributed by atoms with Crippen LogP contribution in [0.1, 0.15) is 15.9 Å². The van der Waals surface area contributed by atoms with Gasteiger partial charge in [0.05, 0.1) is 26.0 Å². The molecule has 33 heavy (non-hydrogen) atoms. The van der Waals surface area contributed by atoms with E-state index in [1.54, 1.807) is 72.8 Å². The van der Waals surface area contributed by atoms with Gasteiger partial charge in [-0.15, -0.1) is 0 Å². The standard InChI is InChI=1S/C24H21N3O6/c1-31-19-11-9-18(10-12-19)26-22(28)23(29)27-25-15-16-8-13-20(21(14-16)32-2)33-24(30)17-6-4-3-5-7-17/h3-15H,1-2H3,(H,26,28)(H,27,29)/b25-15+. The van der Waals surface area contributed by atoms with Gasteiger partial charge in [-0.3, -0.25) is 9.59 Å². The number of hydrazone groups is 1. The Morgan fingerprint density at radius 3 is 2.21 bits per heavy atom. The maximum absolute atomic E-state index is 12.2. The number of methoxy groups -OCH3 is 2. The number of rotatable bonds is 7. The number of hydrogen-bond acceptors (Lipinski definition) is 7. The second-order valence-electron chi connectivity index (χ2n) is 6.55. The highest BCUT2D eigenvalue weighted by Gasteiger charge is 2.14. The lowest BCUT2D eigenvalue weighted by atomic mass is 10.2. The van der Waals surface area contributed by atoms with Crippen molar-refractivity contribution < 1.29 is 28.6 Å². The molecule has 3 aromatic rings. The summed E-state index contributed by atoms with van der Waals surface area (Å²) in [6.45, 7) is 0. The van der Waals surface area contributed by atoms with Crippen LogP contribution in [0.5, 0.6) is 17.2 Å². The molecule has 9 heteroatoms. The molecule has 2 amide bonds. The first-order valence-corrected chi connectivity index (χ1v) is 9.74. The lowest BCUT2D eigenvalue weighted by Crippen LogP contribution is -2.32. The Morgan fingerprint density at radius 2 is 1.55 bits per heavy atom. The zero-order valence-corrected chi connectivity index (χ0v) is 17.9. The van der Waals surface area contributed by atoms with Crippen LogP contribution in [0.2, 0.25) is 0 Å². The SMILES string of the molecule is COc1ccc(NC(=O)C(=O)N/N=C/c2ccc(OC(=O)c3ccccc3)c(OC)c2)cc1. The van der Waals surface area contributed by atoms with Crippen LogP contribution < -0.4 is 25.0 Å². The highest BCUT2D eigenvalue weighted by atomic mass is 16.6. The van der Waals surface area contributed by atoms with E-state index in [2.05, 4.69) is 15.8 Å². The minimum Gasteiger partial charge on any atom is -0.497 e. The summed E-state index contributed by atoms with van der Waals surface area (Å²) in [6.07, 6.45) is 1.32. The van der Waals surface area contributed by atoms with Crippen molar-refractivity contribution in [3.05, 3.63) is 83.9 Å². The zero-order chi connectivity index (χ0) is 23.6. The largest absolute Gasteiger partial charge is 0.497 e. The fraction of sp³-hybridized carbons (Fsp3) is 0.0833. The van der Waals surface area contributed by atoms with Crippen molar-refractivity contribution in [1.29, 1.82) is 0 Å². The monoisotopic (exact) mass is 447 g/mol. The summed E-state index contributed by atoms with van der Waals surface area (Å²) in [5.74, 6) is -1.19. The summed E-state index contributed by atoms with van der Waals surface area (Å²) in [7, 11) is 2.96. The van der Waals surface area contributed by atoms with Crippen molar-refractivity contribution >= 4 is 29.7 Å². The number of carbonyl (C=O) groups excluding carboxylic acids is 3. The fourth-order valence-corrected chi connectivity index (χ4v) is 2.66. The van der Waals surface area contributed by atoms with E-state index in [1.807, 2.05) is 0 Å². The predicted molar refractivity (Wildman–Crippen MR) is 122 cm³/mol. The summed E-state index contributed by atoms with van der Waals surface area (Å²) in [5.41, 5.74) is 3.53. The van der Waals surface area contributed by atoms with Gasteiger partial charge >= 0.3 is 17.8 Å². The van der Waals surface area contributed by atoms with Crippen LogP contribution in [0.15, 0.2) is 77.9 Å². The molecule has 0 spiro atoms. The molecule has 0 radical (unpaired) electrons. The average molecular weight is 447 g/mol. The van der Waals surface area contributed by atoms with Gasteiger partial charge in [-0.1, -0.05) is 18.2 Å². The first-order valence-electron chi connectivity index (χ1n) is 9.74. The second kappa shape index (κ2) is 11.1. The van der Waals surface area contributed by atoms with Crippen molar-refractivity contribution in [1.82, 2.24) is 5.43 Å². The molecule has 0 saturated carbocycles. The van der Waals surface area contributed by atoms with Crippen molar-refractivity contribution in [2.24, 2.45) is 5.10 Å². The van der Waals surface area contributed by atoms with Crippen LogP contribution >= 0.6 is 0 Å². The fourth-order valence-electron chi connectivity index (χ4n) is 2.66. The van der Waals surface area contributed by atoms with Gasteiger partial charge in [0.1, 0.15) is 5.75 Å². The van der Waals surface area contributed by atoms with Gasteiger partial charge < -0.3 is 19.5 Å². The number of nitrogens with one attached hydrogen (secondary N) is 2. The number of ether oxygens (including phenoxy) is 3. The van der Waals surface area contributed by atoms with E-state index in [0.717, 1.165) is 0 Å². The van der Waals surface area contributed by atoms with Gasteiger partial charge in [0, 0.05) is 5.69 Å².